The fraction of sp³-hybridized carbons (Fsp3) is 0.300. The van der Waals surface area contributed by atoms with E-state index < -0.39 is 0 Å². The summed E-state index contributed by atoms with van der Waals surface area (Å²) < 4.78 is 2.07. The summed E-state index contributed by atoms with van der Waals surface area (Å²) in [4.78, 5) is 13.7. The molecular weight excluding hydrogens is 360 g/mol. The minimum Gasteiger partial charge on any atom is -0.370 e. The smallest absolute Gasteiger partial charge is 0.191 e. The lowest BCUT2D eigenvalue weighted by Gasteiger charge is -2.36. The highest BCUT2D eigenvalue weighted by Crippen LogP contribution is 2.19. The van der Waals surface area contributed by atoms with E-state index in [1.54, 1.807) is 0 Å². The molecule has 7 heteroatoms. The van der Waals surface area contributed by atoms with Crippen molar-refractivity contribution >= 4 is 34.3 Å². The van der Waals surface area contributed by atoms with Crippen molar-refractivity contribution in [1.82, 2.24) is 14.5 Å². The number of nitrogens with zero attached hydrogens (tertiary/aromatic N) is 5. The molecule has 0 bridgehead atoms. The van der Waals surface area contributed by atoms with Crippen molar-refractivity contribution in [3.63, 3.8) is 0 Å². The zero-order chi connectivity index (χ0) is 18.8. The minimum atomic E-state index is 0.481. The van der Waals surface area contributed by atoms with Crippen molar-refractivity contribution in [2.45, 2.75) is 6.54 Å². The Morgan fingerprint density at radius 2 is 1.78 bits per heavy atom. The molecule has 3 aromatic rings. The zero-order valence-electron chi connectivity index (χ0n) is 15.3. The number of guanidine groups is 1. The molecule has 0 spiro atoms. The number of piperazine rings is 1. The van der Waals surface area contributed by atoms with Crippen LogP contribution >= 0.6 is 11.6 Å². The summed E-state index contributed by atoms with van der Waals surface area (Å²) >= 11 is 5.97. The van der Waals surface area contributed by atoms with E-state index in [1.807, 2.05) is 37.4 Å². The molecule has 0 aliphatic carbocycles. The maximum atomic E-state index is 6.25. The summed E-state index contributed by atoms with van der Waals surface area (Å²) in [5.41, 5.74) is 9.53. The minimum absolute atomic E-state index is 0.481. The Hall–Kier alpha value is -2.73. The number of rotatable bonds is 3. The summed E-state index contributed by atoms with van der Waals surface area (Å²) in [6, 6.07) is 16.1. The molecule has 1 aliphatic rings. The quantitative estimate of drug-likeness (QED) is 0.559. The van der Waals surface area contributed by atoms with Crippen molar-refractivity contribution in [1.29, 1.82) is 0 Å². The Bertz CT molecular complexity index is 954. The molecule has 0 amide bonds. The monoisotopic (exact) mass is 382 g/mol. The maximum Gasteiger partial charge on any atom is 0.191 e. The van der Waals surface area contributed by atoms with Gasteiger partial charge >= 0.3 is 0 Å². The van der Waals surface area contributed by atoms with Crippen LogP contribution in [-0.4, -0.2) is 46.6 Å². The summed E-state index contributed by atoms with van der Waals surface area (Å²) in [6.45, 7) is 3.99. The molecule has 1 saturated heterocycles. The first kappa shape index (κ1) is 17.7. The molecule has 0 atom stereocenters. The Balaban J connectivity index is 1.39. The first-order valence-electron chi connectivity index (χ1n) is 9.07. The predicted octanol–water partition coefficient (Wildman–Crippen LogP) is 2.86. The second-order valence-electron chi connectivity index (χ2n) is 6.70. The van der Waals surface area contributed by atoms with Crippen molar-refractivity contribution in [3.8, 4) is 0 Å². The van der Waals surface area contributed by atoms with Gasteiger partial charge < -0.3 is 20.1 Å². The van der Waals surface area contributed by atoms with Gasteiger partial charge in [-0.3, -0.25) is 0 Å². The second kappa shape index (κ2) is 7.48. The number of halogens is 1. The summed E-state index contributed by atoms with van der Waals surface area (Å²) in [5, 5.41) is 0.760. The highest BCUT2D eigenvalue weighted by atomic mass is 35.5. The van der Waals surface area contributed by atoms with Gasteiger partial charge in [0.05, 0.1) is 11.0 Å². The second-order valence-corrected chi connectivity index (χ2v) is 7.14. The summed E-state index contributed by atoms with van der Waals surface area (Å²) in [7, 11) is 2.02. The molecule has 27 heavy (non-hydrogen) atoms. The van der Waals surface area contributed by atoms with Crippen molar-refractivity contribution in [2.75, 3.05) is 31.1 Å². The molecule has 4 rings (SSSR count). The van der Waals surface area contributed by atoms with Gasteiger partial charge in [0.25, 0.3) is 0 Å². The van der Waals surface area contributed by atoms with E-state index in [9.17, 15) is 0 Å². The van der Waals surface area contributed by atoms with Gasteiger partial charge in [0.15, 0.2) is 5.96 Å². The molecule has 0 unspecified atom stereocenters. The molecule has 0 saturated carbocycles. The van der Waals surface area contributed by atoms with E-state index in [0.29, 0.717) is 12.5 Å². The van der Waals surface area contributed by atoms with Gasteiger partial charge in [0, 0.05) is 43.9 Å². The molecule has 1 aromatic heterocycles. The largest absolute Gasteiger partial charge is 0.370 e. The van der Waals surface area contributed by atoms with E-state index >= 15 is 0 Å². The van der Waals surface area contributed by atoms with Crippen LogP contribution in [0, 0.1) is 0 Å². The number of fused-ring (bicyclic) bond motifs is 1. The lowest BCUT2D eigenvalue weighted by atomic mass is 10.2. The highest BCUT2D eigenvalue weighted by molar-refractivity contribution is 6.30. The van der Waals surface area contributed by atoms with Crippen molar-refractivity contribution < 1.29 is 0 Å². The number of aromatic nitrogens is 2. The van der Waals surface area contributed by atoms with Crippen LogP contribution in [0.4, 0.5) is 5.69 Å². The van der Waals surface area contributed by atoms with Crippen LogP contribution in [0.5, 0.6) is 0 Å². The van der Waals surface area contributed by atoms with Gasteiger partial charge in [-0.15, -0.1) is 0 Å². The van der Waals surface area contributed by atoms with Crippen LogP contribution < -0.4 is 10.6 Å². The first-order valence-corrected chi connectivity index (χ1v) is 9.45. The Labute approximate surface area is 163 Å². The normalized spacial score (nSPS) is 15.6. The molecule has 2 aromatic carbocycles. The standard InChI is InChI=1S/C20H23ClN6/c1-25-18-5-3-2-4-17(18)24-19(25)14-23-20(22)27-12-10-26(11-13-27)16-8-6-15(21)7-9-16/h2-9H,10-14H2,1H3,(H2,22,23). The van der Waals surface area contributed by atoms with Gasteiger partial charge in [-0.05, 0) is 36.4 Å². The maximum absolute atomic E-state index is 6.25. The van der Waals surface area contributed by atoms with Crippen LogP contribution in [0.2, 0.25) is 5.02 Å². The molecule has 1 fully saturated rings. The lowest BCUT2D eigenvalue weighted by Crippen LogP contribution is -2.51. The van der Waals surface area contributed by atoms with Gasteiger partial charge in [0.2, 0.25) is 0 Å². The molecule has 140 valence electrons. The lowest BCUT2D eigenvalue weighted by molar-refractivity contribution is 0.380. The molecule has 2 N–H and O–H groups in total. The van der Waals surface area contributed by atoms with Crippen LogP contribution in [-0.2, 0) is 13.6 Å². The Kier molecular flexibility index (Phi) is 4.90. The number of imidazole rings is 1. The van der Waals surface area contributed by atoms with Crippen LogP contribution in [0.3, 0.4) is 0 Å². The average Bonchev–Trinajstić information content (AvgIpc) is 3.03. The van der Waals surface area contributed by atoms with Gasteiger partial charge in [-0.25, -0.2) is 9.98 Å². The molecule has 1 aliphatic heterocycles. The predicted molar refractivity (Wildman–Crippen MR) is 111 cm³/mol. The number of para-hydroxylation sites is 2. The number of hydrogen-bond acceptors (Lipinski definition) is 3. The van der Waals surface area contributed by atoms with E-state index in [-0.39, 0.29) is 0 Å². The van der Waals surface area contributed by atoms with Crippen LogP contribution in [0.25, 0.3) is 11.0 Å². The topological polar surface area (TPSA) is 62.7 Å². The number of nitrogens with two attached hydrogens (primary N) is 1. The van der Waals surface area contributed by atoms with E-state index in [4.69, 9.17) is 17.3 Å². The number of anilines is 1. The van der Waals surface area contributed by atoms with Crippen molar-refractivity contribution in [2.24, 2.45) is 17.8 Å². The van der Waals surface area contributed by atoms with Crippen LogP contribution in [0.15, 0.2) is 53.5 Å². The number of hydrogen-bond donors (Lipinski definition) is 1. The van der Waals surface area contributed by atoms with Gasteiger partial charge in [-0.2, -0.15) is 0 Å². The molecular formula is C20H23ClN6. The first-order chi connectivity index (χ1) is 13.1. The molecule has 6 nitrogen and oxygen atoms in total. The molecule has 0 radical (unpaired) electrons. The summed E-state index contributed by atoms with van der Waals surface area (Å²) in [5.74, 6) is 1.50. The van der Waals surface area contributed by atoms with Crippen LogP contribution in [0.1, 0.15) is 5.82 Å². The van der Waals surface area contributed by atoms with E-state index in [2.05, 4.69) is 42.5 Å². The fourth-order valence-corrected chi connectivity index (χ4v) is 3.56. The Morgan fingerprint density at radius 1 is 1.07 bits per heavy atom. The number of aliphatic imine (C=N–C) groups is 1. The third kappa shape index (κ3) is 3.71. The average molecular weight is 383 g/mol. The number of benzene rings is 2. The van der Waals surface area contributed by atoms with Gasteiger partial charge in [0.1, 0.15) is 12.4 Å². The summed E-state index contributed by atoms with van der Waals surface area (Å²) in [6.07, 6.45) is 0. The highest BCUT2D eigenvalue weighted by Gasteiger charge is 2.18. The van der Waals surface area contributed by atoms with E-state index in [1.165, 1.54) is 5.69 Å². The number of aryl methyl sites for hydroxylation is 1. The molecule has 2 heterocycles. The van der Waals surface area contributed by atoms with Crippen molar-refractivity contribution in [3.05, 3.63) is 59.4 Å². The SMILES string of the molecule is Cn1c(CN=C(N)N2CCN(c3ccc(Cl)cc3)CC2)nc2ccccc21. The fourth-order valence-electron chi connectivity index (χ4n) is 3.43. The third-order valence-electron chi connectivity index (χ3n) is 5.06. The Morgan fingerprint density at radius 3 is 2.48 bits per heavy atom. The van der Waals surface area contributed by atoms with Gasteiger partial charge in [-0.1, -0.05) is 23.7 Å². The van der Waals surface area contributed by atoms with E-state index in [0.717, 1.165) is 48.1 Å². The third-order valence-corrected chi connectivity index (χ3v) is 5.31. The zero-order valence-corrected chi connectivity index (χ0v) is 16.1.